The molecule has 0 radical (unpaired) electrons. The Morgan fingerprint density at radius 3 is 2.50 bits per heavy atom. The van der Waals surface area contributed by atoms with E-state index in [9.17, 15) is 4.79 Å². The average molecular weight is 350 g/mol. The Morgan fingerprint density at radius 1 is 1.08 bits per heavy atom. The maximum absolute atomic E-state index is 13.0. The number of aryl methyl sites for hydroxylation is 1. The van der Waals surface area contributed by atoms with Crippen molar-refractivity contribution in [1.29, 1.82) is 0 Å². The summed E-state index contributed by atoms with van der Waals surface area (Å²) >= 11 is 0. The van der Waals surface area contributed by atoms with Gasteiger partial charge in [0.15, 0.2) is 0 Å². The van der Waals surface area contributed by atoms with Gasteiger partial charge in [-0.15, -0.1) is 12.4 Å². The van der Waals surface area contributed by atoms with Gasteiger partial charge in [0.25, 0.3) is 5.91 Å². The predicted octanol–water partition coefficient (Wildman–Crippen LogP) is 3.64. The summed E-state index contributed by atoms with van der Waals surface area (Å²) in [5.74, 6) is 0.184. The number of piperazine rings is 1. The Kier molecular flexibility index (Phi) is 6.69. The van der Waals surface area contributed by atoms with Crippen LogP contribution in [0.1, 0.15) is 36.5 Å². The molecule has 0 N–H and O–H groups in total. The molecular formula is C19H28ClN3O. The van der Waals surface area contributed by atoms with Gasteiger partial charge in [0.1, 0.15) is 0 Å². The third kappa shape index (κ3) is 3.93. The van der Waals surface area contributed by atoms with Crippen molar-refractivity contribution in [2.45, 2.75) is 32.7 Å². The van der Waals surface area contributed by atoms with Gasteiger partial charge < -0.3 is 14.4 Å². The molecule has 1 fully saturated rings. The zero-order chi connectivity index (χ0) is 16.2. The fraction of sp³-hybridized carbons (Fsp3) is 0.526. The van der Waals surface area contributed by atoms with E-state index in [-0.39, 0.29) is 18.3 Å². The topological polar surface area (TPSA) is 28.5 Å². The van der Waals surface area contributed by atoms with Gasteiger partial charge in [-0.2, -0.15) is 0 Å². The van der Waals surface area contributed by atoms with Crippen LogP contribution in [0.25, 0.3) is 10.9 Å². The van der Waals surface area contributed by atoms with Crippen LogP contribution < -0.4 is 0 Å². The summed E-state index contributed by atoms with van der Waals surface area (Å²) in [4.78, 5) is 17.2. The molecule has 0 saturated carbocycles. The minimum Gasteiger partial charge on any atom is -0.347 e. The molecule has 0 unspecified atom stereocenters. The van der Waals surface area contributed by atoms with E-state index >= 15 is 0 Å². The van der Waals surface area contributed by atoms with Crippen molar-refractivity contribution in [3.63, 3.8) is 0 Å². The Labute approximate surface area is 150 Å². The van der Waals surface area contributed by atoms with E-state index < -0.39 is 0 Å². The number of carbonyl (C=O) groups excluding carboxylic acids is 1. The smallest absolute Gasteiger partial charge is 0.256 e. The van der Waals surface area contributed by atoms with E-state index in [0.717, 1.165) is 50.1 Å². The molecule has 4 nitrogen and oxygen atoms in total. The van der Waals surface area contributed by atoms with Gasteiger partial charge in [-0.1, -0.05) is 38.0 Å². The highest BCUT2D eigenvalue weighted by molar-refractivity contribution is 6.07. The fourth-order valence-electron chi connectivity index (χ4n) is 3.31. The molecule has 1 amide bonds. The number of carbonyl (C=O) groups is 1. The Bertz CT molecular complexity index is 674. The van der Waals surface area contributed by atoms with Crippen molar-refractivity contribution < 1.29 is 4.79 Å². The van der Waals surface area contributed by atoms with Crippen LogP contribution in [0.2, 0.25) is 0 Å². The number of amides is 1. The van der Waals surface area contributed by atoms with Crippen molar-refractivity contribution in [3.05, 3.63) is 36.0 Å². The number of benzene rings is 1. The molecule has 0 atom stereocenters. The van der Waals surface area contributed by atoms with Gasteiger partial charge in [0.2, 0.25) is 0 Å². The largest absolute Gasteiger partial charge is 0.347 e. The lowest BCUT2D eigenvalue weighted by molar-refractivity contribution is 0.0666. The second-order valence-electron chi connectivity index (χ2n) is 6.56. The van der Waals surface area contributed by atoms with Gasteiger partial charge in [-0.05, 0) is 19.5 Å². The number of likely N-dealkylation sites (N-methyl/N-ethyl adjacent to an activating group) is 1. The number of hydrogen-bond acceptors (Lipinski definition) is 2. The summed E-state index contributed by atoms with van der Waals surface area (Å²) in [6.45, 7) is 6.78. The summed E-state index contributed by atoms with van der Waals surface area (Å²) in [5, 5.41) is 1.09. The molecule has 1 aromatic heterocycles. The lowest BCUT2D eigenvalue weighted by Gasteiger charge is -2.32. The van der Waals surface area contributed by atoms with E-state index in [0.29, 0.717) is 0 Å². The van der Waals surface area contributed by atoms with E-state index in [1.165, 1.54) is 18.4 Å². The SMILES string of the molecule is CCCCCn1cc(C(=O)N2CCN(C)CC2)c2ccccc21.Cl. The van der Waals surface area contributed by atoms with Gasteiger partial charge in [-0.25, -0.2) is 0 Å². The quantitative estimate of drug-likeness (QED) is 0.771. The Balaban J connectivity index is 0.00000208. The van der Waals surface area contributed by atoms with E-state index in [4.69, 9.17) is 0 Å². The number of nitrogens with zero attached hydrogens (tertiary/aromatic N) is 3. The van der Waals surface area contributed by atoms with Gasteiger partial charge in [0.05, 0.1) is 5.56 Å². The van der Waals surface area contributed by atoms with Gasteiger partial charge >= 0.3 is 0 Å². The third-order valence-electron chi connectivity index (χ3n) is 4.81. The number of unbranched alkanes of at least 4 members (excludes halogenated alkanes) is 2. The molecule has 0 aliphatic carbocycles. The molecule has 1 aromatic carbocycles. The number of halogens is 1. The number of para-hydroxylation sites is 1. The van der Waals surface area contributed by atoms with E-state index in [1.807, 2.05) is 11.0 Å². The maximum atomic E-state index is 13.0. The van der Waals surface area contributed by atoms with Crippen LogP contribution in [-0.2, 0) is 6.54 Å². The highest BCUT2D eigenvalue weighted by Gasteiger charge is 2.23. The Morgan fingerprint density at radius 2 is 1.79 bits per heavy atom. The van der Waals surface area contributed by atoms with Crippen LogP contribution in [0, 0.1) is 0 Å². The van der Waals surface area contributed by atoms with Crippen LogP contribution in [0.5, 0.6) is 0 Å². The molecule has 24 heavy (non-hydrogen) atoms. The van der Waals surface area contributed by atoms with Crippen molar-refractivity contribution in [1.82, 2.24) is 14.4 Å². The molecule has 2 aromatic rings. The molecular weight excluding hydrogens is 322 g/mol. The molecule has 1 aliphatic rings. The third-order valence-corrected chi connectivity index (χ3v) is 4.81. The van der Waals surface area contributed by atoms with Crippen molar-refractivity contribution >= 4 is 29.2 Å². The number of hydrogen-bond donors (Lipinski definition) is 0. The summed E-state index contributed by atoms with van der Waals surface area (Å²) < 4.78 is 2.26. The Hall–Kier alpha value is -1.52. The lowest BCUT2D eigenvalue weighted by atomic mass is 10.1. The molecule has 5 heteroatoms. The first-order valence-corrected chi connectivity index (χ1v) is 8.76. The predicted molar refractivity (Wildman–Crippen MR) is 102 cm³/mol. The molecule has 0 bridgehead atoms. The maximum Gasteiger partial charge on any atom is 0.256 e. The monoisotopic (exact) mass is 349 g/mol. The van der Waals surface area contributed by atoms with Crippen molar-refractivity contribution in [2.24, 2.45) is 0 Å². The second-order valence-corrected chi connectivity index (χ2v) is 6.56. The molecule has 3 rings (SSSR count). The highest BCUT2D eigenvalue weighted by Crippen LogP contribution is 2.23. The van der Waals surface area contributed by atoms with E-state index in [2.05, 4.69) is 47.8 Å². The minimum absolute atomic E-state index is 0. The van der Waals surface area contributed by atoms with E-state index in [1.54, 1.807) is 0 Å². The average Bonchev–Trinajstić information content (AvgIpc) is 2.94. The second kappa shape index (κ2) is 8.54. The first-order chi connectivity index (χ1) is 11.2. The highest BCUT2D eigenvalue weighted by atomic mass is 35.5. The number of rotatable bonds is 5. The normalized spacial score (nSPS) is 15.5. The fourth-order valence-corrected chi connectivity index (χ4v) is 3.31. The van der Waals surface area contributed by atoms with Crippen LogP contribution in [0.3, 0.4) is 0 Å². The van der Waals surface area contributed by atoms with Crippen LogP contribution >= 0.6 is 12.4 Å². The van der Waals surface area contributed by atoms with Crippen LogP contribution in [0.4, 0.5) is 0 Å². The minimum atomic E-state index is 0. The summed E-state index contributed by atoms with van der Waals surface area (Å²) in [6.07, 6.45) is 5.68. The molecule has 1 aliphatic heterocycles. The molecule has 2 heterocycles. The summed E-state index contributed by atoms with van der Waals surface area (Å²) in [5.41, 5.74) is 2.04. The summed E-state index contributed by atoms with van der Waals surface area (Å²) in [6, 6.07) is 8.29. The van der Waals surface area contributed by atoms with Crippen molar-refractivity contribution in [2.75, 3.05) is 33.2 Å². The molecule has 1 saturated heterocycles. The van der Waals surface area contributed by atoms with Crippen molar-refractivity contribution in [3.8, 4) is 0 Å². The number of aromatic nitrogens is 1. The standard InChI is InChI=1S/C19H27N3O.ClH/c1-3-4-7-10-22-15-17(16-8-5-6-9-18(16)22)19(23)21-13-11-20(2)12-14-21;/h5-6,8-9,15H,3-4,7,10-14H2,1-2H3;1H. The number of fused-ring (bicyclic) bond motifs is 1. The zero-order valence-electron chi connectivity index (χ0n) is 14.7. The summed E-state index contributed by atoms with van der Waals surface area (Å²) in [7, 11) is 2.11. The molecule has 132 valence electrons. The first-order valence-electron chi connectivity index (χ1n) is 8.76. The van der Waals surface area contributed by atoms with Gasteiger partial charge in [-0.3, -0.25) is 4.79 Å². The lowest BCUT2D eigenvalue weighted by Crippen LogP contribution is -2.47. The first kappa shape index (κ1) is 18.8. The van der Waals surface area contributed by atoms with Gasteiger partial charge in [0, 0.05) is 49.8 Å². The molecule has 0 spiro atoms. The zero-order valence-corrected chi connectivity index (χ0v) is 15.5. The van der Waals surface area contributed by atoms with Crippen LogP contribution in [0.15, 0.2) is 30.5 Å². The van der Waals surface area contributed by atoms with Crippen LogP contribution in [-0.4, -0.2) is 53.5 Å².